The number of halogens is 2. The Morgan fingerprint density at radius 1 is 1.03 bits per heavy atom. The van der Waals surface area contributed by atoms with E-state index in [0.29, 0.717) is 59.9 Å². The van der Waals surface area contributed by atoms with Crippen LogP contribution < -0.4 is 9.47 Å². The van der Waals surface area contributed by atoms with Crippen LogP contribution in [-0.4, -0.2) is 61.5 Å². The van der Waals surface area contributed by atoms with Crippen LogP contribution >= 0.6 is 15.9 Å². The molecule has 6 nitrogen and oxygen atoms in total. The summed E-state index contributed by atoms with van der Waals surface area (Å²) in [5, 5.41) is 0. The molecular formula is C21H22BrFN2O4. The molecule has 1 aliphatic rings. The number of piperazine rings is 1. The van der Waals surface area contributed by atoms with E-state index in [1.54, 1.807) is 28.0 Å². The summed E-state index contributed by atoms with van der Waals surface area (Å²) in [5.41, 5.74) is 0.784. The molecule has 3 rings (SSSR count). The highest BCUT2D eigenvalue weighted by Gasteiger charge is 2.27. The Kier molecular flexibility index (Phi) is 6.74. The number of hydrogen-bond donors (Lipinski definition) is 0. The van der Waals surface area contributed by atoms with Gasteiger partial charge in [-0.3, -0.25) is 9.59 Å². The summed E-state index contributed by atoms with van der Waals surface area (Å²) in [5.74, 6) is 0.202. The molecule has 1 fully saturated rings. The summed E-state index contributed by atoms with van der Waals surface area (Å²) in [7, 11) is 1.52. The van der Waals surface area contributed by atoms with Crippen molar-refractivity contribution < 1.29 is 23.5 Å². The first-order valence-corrected chi connectivity index (χ1v) is 10.1. The molecule has 1 aliphatic heterocycles. The molecule has 0 aromatic heterocycles. The zero-order valence-electron chi connectivity index (χ0n) is 16.3. The van der Waals surface area contributed by atoms with E-state index < -0.39 is 5.82 Å². The third kappa shape index (κ3) is 4.70. The lowest BCUT2D eigenvalue weighted by Crippen LogP contribution is -2.50. The van der Waals surface area contributed by atoms with Gasteiger partial charge in [-0.1, -0.05) is 6.07 Å². The minimum absolute atomic E-state index is 0.148. The van der Waals surface area contributed by atoms with Crippen molar-refractivity contribution in [2.75, 3.05) is 39.9 Å². The number of benzene rings is 2. The minimum Gasteiger partial charge on any atom is -0.493 e. The Morgan fingerprint density at radius 2 is 1.66 bits per heavy atom. The van der Waals surface area contributed by atoms with Crippen LogP contribution in [0.2, 0.25) is 0 Å². The molecule has 29 heavy (non-hydrogen) atoms. The molecule has 0 N–H and O–H groups in total. The lowest BCUT2D eigenvalue weighted by atomic mass is 10.1. The third-order valence-electron chi connectivity index (χ3n) is 4.69. The number of carbonyl (C=O) groups is 2. The van der Waals surface area contributed by atoms with Gasteiger partial charge in [0.25, 0.3) is 11.8 Å². The van der Waals surface area contributed by atoms with Crippen LogP contribution in [0.3, 0.4) is 0 Å². The topological polar surface area (TPSA) is 59.1 Å². The van der Waals surface area contributed by atoms with Crippen LogP contribution in [-0.2, 0) is 0 Å². The van der Waals surface area contributed by atoms with Crippen molar-refractivity contribution >= 4 is 27.7 Å². The largest absolute Gasteiger partial charge is 0.493 e. The number of nitrogens with zero attached hydrogens (tertiary/aromatic N) is 2. The van der Waals surface area contributed by atoms with Gasteiger partial charge >= 0.3 is 0 Å². The Balaban J connectivity index is 1.68. The van der Waals surface area contributed by atoms with E-state index in [1.165, 1.54) is 25.3 Å². The van der Waals surface area contributed by atoms with Gasteiger partial charge < -0.3 is 19.3 Å². The van der Waals surface area contributed by atoms with Crippen LogP contribution in [0, 0.1) is 5.82 Å². The SMILES string of the molecule is CCOc1c(Br)cc(C(=O)N2CCN(C(=O)c3cccc(F)c3)CC2)cc1OC. The third-order valence-corrected chi connectivity index (χ3v) is 5.28. The van der Waals surface area contributed by atoms with Gasteiger partial charge in [-0.15, -0.1) is 0 Å². The quantitative estimate of drug-likeness (QED) is 0.678. The fraction of sp³-hybridized carbons (Fsp3) is 0.333. The lowest BCUT2D eigenvalue weighted by Gasteiger charge is -2.35. The van der Waals surface area contributed by atoms with Crippen molar-refractivity contribution in [3.63, 3.8) is 0 Å². The van der Waals surface area contributed by atoms with Crippen LogP contribution in [0.15, 0.2) is 40.9 Å². The van der Waals surface area contributed by atoms with Gasteiger partial charge in [-0.25, -0.2) is 4.39 Å². The van der Waals surface area contributed by atoms with Crippen molar-refractivity contribution in [2.45, 2.75) is 6.92 Å². The van der Waals surface area contributed by atoms with E-state index >= 15 is 0 Å². The van der Waals surface area contributed by atoms with Gasteiger partial charge in [0, 0.05) is 37.3 Å². The monoisotopic (exact) mass is 464 g/mol. The molecule has 0 aliphatic carbocycles. The molecule has 2 amide bonds. The summed E-state index contributed by atoms with van der Waals surface area (Å²) in [6, 6.07) is 8.99. The van der Waals surface area contributed by atoms with Gasteiger partial charge in [0.05, 0.1) is 18.2 Å². The first kappa shape index (κ1) is 21.1. The fourth-order valence-electron chi connectivity index (χ4n) is 3.23. The normalized spacial score (nSPS) is 13.9. The van der Waals surface area contributed by atoms with Crippen LogP contribution in [0.1, 0.15) is 27.6 Å². The predicted molar refractivity (Wildman–Crippen MR) is 110 cm³/mol. The van der Waals surface area contributed by atoms with Crippen LogP contribution in [0.25, 0.3) is 0 Å². The zero-order chi connectivity index (χ0) is 21.0. The van der Waals surface area contributed by atoms with E-state index in [1.807, 2.05) is 6.92 Å². The van der Waals surface area contributed by atoms with Gasteiger partial charge in [-0.2, -0.15) is 0 Å². The maximum absolute atomic E-state index is 13.4. The summed E-state index contributed by atoms with van der Waals surface area (Å²) in [4.78, 5) is 28.8. The van der Waals surface area contributed by atoms with E-state index in [4.69, 9.17) is 9.47 Å². The lowest BCUT2D eigenvalue weighted by molar-refractivity contribution is 0.0535. The second-order valence-corrected chi connectivity index (χ2v) is 7.37. The number of rotatable bonds is 5. The van der Waals surface area contributed by atoms with Crippen LogP contribution in [0.4, 0.5) is 4.39 Å². The van der Waals surface area contributed by atoms with Crippen molar-refractivity contribution in [1.29, 1.82) is 0 Å². The molecule has 8 heteroatoms. The molecular weight excluding hydrogens is 443 g/mol. The highest BCUT2D eigenvalue weighted by molar-refractivity contribution is 9.10. The number of ether oxygens (including phenoxy) is 2. The molecule has 0 spiro atoms. The van der Waals surface area contributed by atoms with E-state index in [9.17, 15) is 14.0 Å². The number of hydrogen-bond acceptors (Lipinski definition) is 4. The standard InChI is InChI=1S/C21H22BrFN2O4/c1-3-29-19-17(22)12-15(13-18(19)28-2)21(27)25-9-7-24(8-10-25)20(26)14-5-4-6-16(23)11-14/h4-6,11-13H,3,7-10H2,1-2H3. The first-order valence-electron chi connectivity index (χ1n) is 9.29. The Morgan fingerprint density at radius 3 is 2.21 bits per heavy atom. The molecule has 0 saturated carbocycles. The number of amides is 2. The van der Waals surface area contributed by atoms with Crippen LogP contribution in [0.5, 0.6) is 11.5 Å². The summed E-state index contributed by atoms with van der Waals surface area (Å²) in [6.45, 7) is 3.91. The molecule has 0 bridgehead atoms. The molecule has 154 valence electrons. The van der Waals surface area contributed by atoms with Crippen molar-refractivity contribution in [3.05, 3.63) is 57.8 Å². The number of carbonyl (C=O) groups excluding carboxylic acids is 2. The maximum Gasteiger partial charge on any atom is 0.254 e. The zero-order valence-corrected chi connectivity index (χ0v) is 17.9. The van der Waals surface area contributed by atoms with E-state index in [-0.39, 0.29) is 11.8 Å². The highest BCUT2D eigenvalue weighted by Crippen LogP contribution is 2.37. The Bertz CT molecular complexity index is 914. The average Bonchev–Trinajstić information content (AvgIpc) is 2.74. The predicted octanol–water partition coefficient (Wildman–Crippen LogP) is 3.59. The van der Waals surface area contributed by atoms with E-state index in [2.05, 4.69) is 15.9 Å². The van der Waals surface area contributed by atoms with Gasteiger partial charge in [0.15, 0.2) is 11.5 Å². The molecule has 1 heterocycles. The maximum atomic E-state index is 13.4. The first-order chi connectivity index (χ1) is 13.9. The van der Waals surface area contributed by atoms with Gasteiger partial charge in [0.1, 0.15) is 5.82 Å². The summed E-state index contributed by atoms with van der Waals surface area (Å²) < 4.78 is 24.9. The summed E-state index contributed by atoms with van der Waals surface area (Å²) >= 11 is 3.43. The van der Waals surface area contributed by atoms with Gasteiger partial charge in [0.2, 0.25) is 0 Å². The van der Waals surface area contributed by atoms with Crippen molar-refractivity contribution in [3.8, 4) is 11.5 Å². The minimum atomic E-state index is -0.445. The number of methoxy groups -OCH3 is 1. The Hall–Kier alpha value is -2.61. The molecule has 0 unspecified atom stereocenters. The second-order valence-electron chi connectivity index (χ2n) is 6.52. The van der Waals surface area contributed by atoms with Gasteiger partial charge in [-0.05, 0) is 53.2 Å². The van der Waals surface area contributed by atoms with Crippen molar-refractivity contribution in [1.82, 2.24) is 9.80 Å². The molecule has 0 atom stereocenters. The van der Waals surface area contributed by atoms with Crippen molar-refractivity contribution in [2.24, 2.45) is 0 Å². The molecule has 2 aromatic rings. The summed E-state index contributed by atoms with van der Waals surface area (Å²) in [6.07, 6.45) is 0. The molecule has 1 saturated heterocycles. The average molecular weight is 465 g/mol. The molecule has 0 radical (unpaired) electrons. The smallest absolute Gasteiger partial charge is 0.254 e. The molecule has 2 aromatic carbocycles. The van der Waals surface area contributed by atoms with E-state index in [0.717, 1.165) is 0 Å². The highest BCUT2D eigenvalue weighted by atomic mass is 79.9. The fourth-order valence-corrected chi connectivity index (χ4v) is 3.78. The Labute approximate surface area is 177 Å². The second kappa shape index (κ2) is 9.26.